The molecule has 0 aliphatic carbocycles. The van der Waals surface area contributed by atoms with E-state index in [2.05, 4.69) is 6.07 Å². The topological polar surface area (TPSA) is 42.4 Å². The Morgan fingerprint density at radius 2 is 1.85 bits per heavy atom. The average Bonchev–Trinajstić information content (AvgIpc) is 3.11. The average molecular weight is 421 g/mol. The summed E-state index contributed by atoms with van der Waals surface area (Å²) < 4.78 is 6.37. The molecule has 0 radical (unpaired) electrons. The van der Waals surface area contributed by atoms with Gasteiger partial charge in [0.25, 0.3) is 5.91 Å². The molecule has 1 aromatic heterocycles. The number of hydrogen-bond acceptors (Lipinski definition) is 4. The minimum atomic E-state index is -0.0517. The summed E-state index contributed by atoms with van der Waals surface area (Å²) in [6.45, 7) is 1.39. The molecule has 1 fully saturated rings. The van der Waals surface area contributed by atoms with Crippen LogP contribution in [-0.2, 0) is 0 Å². The number of para-hydroxylation sites is 1. The van der Waals surface area contributed by atoms with Gasteiger partial charge in [-0.25, -0.2) is 4.98 Å². The molecule has 1 aliphatic rings. The number of piperidine rings is 1. The summed E-state index contributed by atoms with van der Waals surface area (Å²) in [4.78, 5) is 19.5. The van der Waals surface area contributed by atoms with Gasteiger partial charge in [-0.1, -0.05) is 35.3 Å². The quantitative estimate of drug-likeness (QED) is 0.550. The minimum absolute atomic E-state index is 0.0517. The van der Waals surface area contributed by atoms with Crippen molar-refractivity contribution in [3.63, 3.8) is 0 Å². The zero-order valence-electron chi connectivity index (χ0n) is 14.7. The summed E-state index contributed by atoms with van der Waals surface area (Å²) in [5.74, 6) is 0.739. The van der Waals surface area contributed by atoms with Crippen LogP contribution in [0, 0.1) is 0 Å². The van der Waals surface area contributed by atoms with Gasteiger partial charge in [-0.05, 0) is 37.1 Å². The van der Waals surface area contributed by atoms with Crippen LogP contribution in [0.5, 0.6) is 5.75 Å². The molecule has 0 N–H and O–H groups in total. The third-order valence-electron chi connectivity index (χ3n) is 4.89. The zero-order chi connectivity index (χ0) is 19.0. The largest absolute Gasteiger partial charge is 0.494 e. The number of carbonyl (C=O) groups excluding carboxylic acids is 1. The highest BCUT2D eigenvalue weighted by Gasteiger charge is 2.27. The van der Waals surface area contributed by atoms with E-state index in [1.165, 1.54) is 16.8 Å². The highest BCUT2D eigenvalue weighted by Crippen LogP contribution is 2.36. The molecule has 0 saturated carbocycles. The first-order valence-electron chi connectivity index (χ1n) is 8.74. The van der Waals surface area contributed by atoms with Gasteiger partial charge in [0.05, 0.1) is 32.4 Å². The fourth-order valence-corrected chi connectivity index (χ4v) is 5.23. The van der Waals surface area contributed by atoms with Crippen LogP contribution in [0.1, 0.15) is 34.1 Å². The standard InChI is InChI=1S/C20H18Cl2N2O2S/c1-26-18-14(21)10-13(11-15(18)22)20(25)24-8-6-12(7-9-24)19-23-16-4-2-3-5-17(16)27-19/h2-5,10-12H,6-9H2,1H3. The van der Waals surface area contributed by atoms with E-state index in [1.807, 2.05) is 23.1 Å². The van der Waals surface area contributed by atoms with Gasteiger partial charge in [0.1, 0.15) is 0 Å². The first kappa shape index (κ1) is 18.5. The number of benzene rings is 2. The second-order valence-corrected chi connectivity index (χ2v) is 8.44. The summed E-state index contributed by atoms with van der Waals surface area (Å²) in [5, 5.41) is 1.86. The number of aromatic nitrogens is 1. The maximum absolute atomic E-state index is 12.8. The Bertz CT molecular complexity index is 941. The molecule has 0 unspecified atom stereocenters. The molecule has 1 amide bonds. The highest BCUT2D eigenvalue weighted by atomic mass is 35.5. The SMILES string of the molecule is COc1c(Cl)cc(C(=O)N2CCC(c3nc4ccccc4s3)CC2)cc1Cl. The van der Waals surface area contributed by atoms with E-state index in [0.717, 1.165) is 18.4 Å². The fraction of sp³-hybridized carbons (Fsp3) is 0.300. The molecule has 0 atom stereocenters. The van der Waals surface area contributed by atoms with Crippen molar-refractivity contribution in [2.75, 3.05) is 20.2 Å². The van der Waals surface area contributed by atoms with Crippen LogP contribution in [-0.4, -0.2) is 36.0 Å². The lowest BCUT2D eigenvalue weighted by Gasteiger charge is -2.31. The van der Waals surface area contributed by atoms with Crippen molar-refractivity contribution >= 4 is 50.7 Å². The Morgan fingerprint density at radius 1 is 1.19 bits per heavy atom. The van der Waals surface area contributed by atoms with Gasteiger partial charge in [-0.3, -0.25) is 4.79 Å². The zero-order valence-corrected chi connectivity index (χ0v) is 17.1. The maximum Gasteiger partial charge on any atom is 0.253 e. The third-order valence-corrected chi connectivity index (χ3v) is 6.65. The van der Waals surface area contributed by atoms with Gasteiger partial charge in [0.15, 0.2) is 5.75 Å². The van der Waals surface area contributed by atoms with Crippen LogP contribution < -0.4 is 4.74 Å². The maximum atomic E-state index is 12.8. The Morgan fingerprint density at radius 3 is 2.48 bits per heavy atom. The Balaban J connectivity index is 1.46. The van der Waals surface area contributed by atoms with E-state index in [0.29, 0.717) is 40.4 Å². The molecule has 1 aliphatic heterocycles. The molecule has 3 aromatic rings. The molecule has 140 valence electrons. The first-order valence-corrected chi connectivity index (χ1v) is 10.3. The molecule has 0 bridgehead atoms. The summed E-state index contributed by atoms with van der Waals surface area (Å²) in [7, 11) is 1.50. The number of halogens is 2. The van der Waals surface area contributed by atoms with Gasteiger partial charge in [-0.2, -0.15) is 0 Å². The van der Waals surface area contributed by atoms with E-state index < -0.39 is 0 Å². The number of thiazole rings is 1. The fourth-order valence-electron chi connectivity index (χ4n) is 3.46. The molecule has 1 saturated heterocycles. The van der Waals surface area contributed by atoms with Crippen LogP contribution in [0.2, 0.25) is 10.0 Å². The predicted octanol–water partition coefficient (Wildman–Crippen LogP) is 5.63. The molecule has 4 nitrogen and oxygen atoms in total. The van der Waals surface area contributed by atoms with E-state index in [9.17, 15) is 4.79 Å². The van der Waals surface area contributed by atoms with Crippen molar-refractivity contribution in [2.24, 2.45) is 0 Å². The lowest BCUT2D eigenvalue weighted by atomic mass is 9.97. The van der Waals surface area contributed by atoms with Gasteiger partial charge in [0, 0.05) is 24.6 Å². The number of likely N-dealkylation sites (tertiary alicyclic amines) is 1. The van der Waals surface area contributed by atoms with E-state index in [-0.39, 0.29) is 5.91 Å². The Labute approximate surface area is 171 Å². The van der Waals surface area contributed by atoms with Crippen molar-refractivity contribution in [3.8, 4) is 5.75 Å². The number of amides is 1. The summed E-state index contributed by atoms with van der Waals surface area (Å²) in [6.07, 6.45) is 1.81. The summed E-state index contributed by atoms with van der Waals surface area (Å²) in [5.41, 5.74) is 1.54. The van der Waals surface area contributed by atoms with Gasteiger partial charge in [0.2, 0.25) is 0 Å². The number of ether oxygens (including phenoxy) is 1. The third kappa shape index (κ3) is 3.64. The molecule has 2 heterocycles. The smallest absolute Gasteiger partial charge is 0.253 e. The number of methoxy groups -OCH3 is 1. The molecule has 0 spiro atoms. The Hall–Kier alpha value is -1.82. The summed E-state index contributed by atoms with van der Waals surface area (Å²) in [6, 6.07) is 11.4. The lowest BCUT2D eigenvalue weighted by Crippen LogP contribution is -2.37. The number of rotatable bonds is 3. The van der Waals surface area contributed by atoms with Crippen molar-refractivity contribution < 1.29 is 9.53 Å². The molecule has 2 aromatic carbocycles. The van der Waals surface area contributed by atoms with Crippen LogP contribution in [0.3, 0.4) is 0 Å². The minimum Gasteiger partial charge on any atom is -0.494 e. The normalized spacial score (nSPS) is 15.3. The van der Waals surface area contributed by atoms with Crippen molar-refractivity contribution in [1.29, 1.82) is 0 Å². The number of hydrogen-bond donors (Lipinski definition) is 0. The monoisotopic (exact) mass is 420 g/mol. The molecular weight excluding hydrogens is 403 g/mol. The van der Waals surface area contributed by atoms with Gasteiger partial charge in [-0.15, -0.1) is 11.3 Å². The van der Waals surface area contributed by atoms with Crippen LogP contribution in [0.15, 0.2) is 36.4 Å². The first-order chi connectivity index (χ1) is 13.1. The van der Waals surface area contributed by atoms with Crippen LogP contribution >= 0.6 is 34.5 Å². The Kier molecular flexibility index (Phi) is 5.26. The molecular formula is C20H18Cl2N2O2S. The van der Waals surface area contributed by atoms with Crippen molar-refractivity contribution in [2.45, 2.75) is 18.8 Å². The molecule has 4 rings (SSSR count). The van der Waals surface area contributed by atoms with Crippen molar-refractivity contribution in [3.05, 3.63) is 57.0 Å². The number of fused-ring (bicyclic) bond motifs is 1. The second-order valence-electron chi connectivity index (χ2n) is 6.56. The summed E-state index contributed by atoms with van der Waals surface area (Å²) >= 11 is 14.1. The van der Waals surface area contributed by atoms with E-state index in [4.69, 9.17) is 32.9 Å². The molecule has 7 heteroatoms. The van der Waals surface area contributed by atoms with Crippen LogP contribution in [0.25, 0.3) is 10.2 Å². The molecule has 27 heavy (non-hydrogen) atoms. The van der Waals surface area contributed by atoms with Gasteiger partial charge < -0.3 is 9.64 Å². The second kappa shape index (κ2) is 7.66. The van der Waals surface area contributed by atoms with E-state index >= 15 is 0 Å². The predicted molar refractivity (Wildman–Crippen MR) is 111 cm³/mol. The van der Waals surface area contributed by atoms with Crippen LogP contribution in [0.4, 0.5) is 0 Å². The van der Waals surface area contributed by atoms with Gasteiger partial charge >= 0.3 is 0 Å². The number of nitrogens with zero attached hydrogens (tertiary/aromatic N) is 2. The highest BCUT2D eigenvalue weighted by molar-refractivity contribution is 7.18. The number of carbonyl (C=O) groups is 1. The lowest BCUT2D eigenvalue weighted by molar-refractivity contribution is 0.0713. The van der Waals surface area contributed by atoms with E-state index in [1.54, 1.807) is 23.5 Å². The van der Waals surface area contributed by atoms with Crippen molar-refractivity contribution in [1.82, 2.24) is 9.88 Å².